The molecule has 0 spiro atoms. The highest BCUT2D eigenvalue weighted by Gasteiger charge is 2.22. The molecule has 4 heteroatoms. The van der Waals surface area contributed by atoms with Gasteiger partial charge in [-0.15, -0.1) is 0 Å². The zero-order chi connectivity index (χ0) is 13.5. The number of hydrogen-bond acceptors (Lipinski definition) is 4. The van der Waals surface area contributed by atoms with Gasteiger partial charge in [-0.25, -0.2) is 0 Å². The van der Waals surface area contributed by atoms with Crippen LogP contribution >= 0.6 is 11.9 Å². The van der Waals surface area contributed by atoms with E-state index < -0.39 is 0 Å². The number of hydrogen-bond donors (Lipinski definition) is 2. The molecule has 2 N–H and O–H groups in total. The fraction of sp³-hybridized carbons (Fsp3) is 0.600. The minimum atomic E-state index is 0.327. The van der Waals surface area contributed by atoms with E-state index in [9.17, 15) is 5.11 Å². The van der Waals surface area contributed by atoms with Crippen molar-refractivity contribution in [3.63, 3.8) is 0 Å². The molecular formula is C15H24N2OS. The standard InChI is InChI=1S/C15H24N2OS/c1-2-3-4-5-6-7-15-16-12-17(19-15)13-8-10-14(18)11-9-13/h8-11,15-16,18H,2-7,12H2,1H3. The number of aromatic hydroxyl groups is 1. The van der Waals surface area contributed by atoms with E-state index in [0.717, 1.165) is 12.4 Å². The van der Waals surface area contributed by atoms with Gasteiger partial charge in [0.15, 0.2) is 0 Å². The van der Waals surface area contributed by atoms with Gasteiger partial charge in [-0.3, -0.25) is 5.32 Å². The number of benzene rings is 1. The van der Waals surface area contributed by atoms with Crippen molar-refractivity contribution in [2.24, 2.45) is 0 Å². The normalized spacial score (nSPS) is 19.0. The van der Waals surface area contributed by atoms with Gasteiger partial charge in [0.2, 0.25) is 0 Å². The number of rotatable bonds is 7. The SMILES string of the molecule is CCCCCCCC1NCN(c2ccc(O)cc2)S1. The maximum Gasteiger partial charge on any atom is 0.115 e. The molecule has 1 aromatic carbocycles. The van der Waals surface area contributed by atoms with Crippen LogP contribution in [-0.4, -0.2) is 17.1 Å². The summed E-state index contributed by atoms with van der Waals surface area (Å²) in [5.74, 6) is 0.327. The molecule has 0 aromatic heterocycles. The van der Waals surface area contributed by atoms with Crippen LogP contribution < -0.4 is 9.62 Å². The topological polar surface area (TPSA) is 35.5 Å². The second-order valence-corrected chi connectivity index (χ2v) is 6.27. The zero-order valence-corrected chi connectivity index (χ0v) is 12.5. The van der Waals surface area contributed by atoms with Crippen molar-refractivity contribution in [3.8, 4) is 5.75 Å². The Hall–Kier alpha value is -0.870. The van der Waals surface area contributed by atoms with Gasteiger partial charge in [-0.1, -0.05) is 39.0 Å². The van der Waals surface area contributed by atoms with E-state index >= 15 is 0 Å². The molecular weight excluding hydrogens is 256 g/mol. The van der Waals surface area contributed by atoms with E-state index in [1.165, 1.54) is 38.5 Å². The number of phenolic OH excluding ortho intramolecular Hbond substituents is 1. The van der Waals surface area contributed by atoms with Crippen molar-refractivity contribution in [3.05, 3.63) is 24.3 Å². The fourth-order valence-electron chi connectivity index (χ4n) is 2.27. The number of unbranched alkanes of at least 4 members (excludes halogenated alkanes) is 4. The van der Waals surface area contributed by atoms with E-state index in [0.29, 0.717) is 11.1 Å². The minimum Gasteiger partial charge on any atom is -0.508 e. The Morgan fingerprint density at radius 1 is 1.21 bits per heavy atom. The van der Waals surface area contributed by atoms with Crippen LogP contribution in [0.4, 0.5) is 5.69 Å². The molecule has 3 nitrogen and oxygen atoms in total. The number of nitrogens with one attached hydrogen (secondary N) is 1. The summed E-state index contributed by atoms with van der Waals surface area (Å²) in [6.45, 7) is 3.14. The lowest BCUT2D eigenvalue weighted by molar-refractivity contribution is 0.475. The molecule has 1 atom stereocenters. The summed E-state index contributed by atoms with van der Waals surface area (Å²) in [6, 6.07) is 7.42. The van der Waals surface area contributed by atoms with Crippen LogP contribution in [0.25, 0.3) is 0 Å². The third-order valence-electron chi connectivity index (χ3n) is 3.42. The van der Waals surface area contributed by atoms with Crippen molar-refractivity contribution in [2.45, 2.75) is 50.8 Å². The van der Waals surface area contributed by atoms with Crippen molar-refractivity contribution >= 4 is 17.6 Å². The van der Waals surface area contributed by atoms with E-state index in [1.54, 1.807) is 12.1 Å². The summed E-state index contributed by atoms with van der Waals surface area (Å²) in [5, 5.41) is 13.4. The summed E-state index contributed by atoms with van der Waals surface area (Å²) in [7, 11) is 0. The fourth-order valence-corrected chi connectivity index (χ4v) is 3.39. The van der Waals surface area contributed by atoms with E-state index in [-0.39, 0.29) is 0 Å². The first kappa shape index (κ1) is 14.5. The maximum atomic E-state index is 9.30. The highest BCUT2D eigenvalue weighted by Crippen LogP contribution is 2.31. The highest BCUT2D eigenvalue weighted by atomic mass is 32.2. The molecule has 1 aliphatic rings. The van der Waals surface area contributed by atoms with E-state index in [2.05, 4.69) is 16.5 Å². The van der Waals surface area contributed by atoms with Crippen LogP contribution in [0.3, 0.4) is 0 Å². The summed E-state index contributed by atoms with van der Waals surface area (Å²) in [4.78, 5) is 0. The Morgan fingerprint density at radius 2 is 1.95 bits per heavy atom. The zero-order valence-electron chi connectivity index (χ0n) is 11.6. The number of anilines is 1. The summed E-state index contributed by atoms with van der Waals surface area (Å²) in [5.41, 5.74) is 1.16. The third-order valence-corrected chi connectivity index (χ3v) is 4.68. The first-order valence-corrected chi connectivity index (χ1v) is 8.10. The van der Waals surface area contributed by atoms with Crippen LogP contribution in [0.5, 0.6) is 5.75 Å². The first-order valence-electron chi connectivity index (χ1n) is 7.26. The second kappa shape index (κ2) is 7.65. The first-order chi connectivity index (χ1) is 9.29. The smallest absolute Gasteiger partial charge is 0.115 e. The van der Waals surface area contributed by atoms with Gasteiger partial charge in [-0.2, -0.15) is 0 Å². The summed E-state index contributed by atoms with van der Waals surface area (Å²) >= 11 is 1.87. The van der Waals surface area contributed by atoms with E-state index in [1.807, 2.05) is 24.1 Å². The lowest BCUT2D eigenvalue weighted by Gasteiger charge is -2.15. The monoisotopic (exact) mass is 280 g/mol. The molecule has 2 rings (SSSR count). The minimum absolute atomic E-state index is 0.327. The molecule has 1 aromatic rings. The van der Waals surface area contributed by atoms with Gasteiger partial charge >= 0.3 is 0 Å². The summed E-state index contributed by atoms with van der Waals surface area (Å²) < 4.78 is 2.26. The molecule has 0 radical (unpaired) electrons. The summed E-state index contributed by atoms with van der Waals surface area (Å²) in [6.07, 6.45) is 7.95. The van der Waals surface area contributed by atoms with Crippen molar-refractivity contribution in [1.82, 2.24) is 5.32 Å². The Morgan fingerprint density at radius 3 is 2.68 bits per heavy atom. The maximum absolute atomic E-state index is 9.30. The van der Waals surface area contributed by atoms with Gasteiger partial charge < -0.3 is 9.41 Å². The molecule has 106 valence electrons. The van der Waals surface area contributed by atoms with Crippen LogP contribution in [0.1, 0.15) is 45.4 Å². The average Bonchev–Trinajstić information content (AvgIpc) is 2.88. The predicted octanol–water partition coefficient (Wildman–Crippen LogP) is 4.09. The highest BCUT2D eigenvalue weighted by molar-refractivity contribution is 8.01. The largest absolute Gasteiger partial charge is 0.508 e. The van der Waals surface area contributed by atoms with Crippen molar-refractivity contribution in [1.29, 1.82) is 0 Å². The van der Waals surface area contributed by atoms with Crippen LogP contribution in [-0.2, 0) is 0 Å². The molecule has 19 heavy (non-hydrogen) atoms. The van der Waals surface area contributed by atoms with Gasteiger partial charge in [0.1, 0.15) is 5.75 Å². The Balaban J connectivity index is 1.69. The van der Waals surface area contributed by atoms with Crippen molar-refractivity contribution < 1.29 is 5.11 Å². The average molecular weight is 280 g/mol. The molecule has 1 aliphatic heterocycles. The van der Waals surface area contributed by atoms with Gasteiger partial charge in [0.25, 0.3) is 0 Å². The Labute approximate surface area is 120 Å². The lowest BCUT2D eigenvalue weighted by Crippen LogP contribution is -2.21. The van der Waals surface area contributed by atoms with Gasteiger partial charge in [0.05, 0.1) is 12.0 Å². The van der Waals surface area contributed by atoms with Crippen LogP contribution in [0, 0.1) is 0 Å². The predicted molar refractivity (Wildman–Crippen MR) is 83.3 cm³/mol. The molecule has 0 amide bonds. The molecule has 1 heterocycles. The number of phenols is 1. The molecule has 0 bridgehead atoms. The molecule has 0 aliphatic carbocycles. The Kier molecular flexibility index (Phi) is 5.86. The Bertz CT molecular complexity index is 369. The van der Waals surface area contributed by atoms with Crippen LogP contribution in [0.15, 0.2) is 24.3 Å². The van der Waals surface area contributed by atoms with Crippen LogP contribution in [0.2, 0.25) is 0 Å². The van der Waals surface area contributed by atoms with E-state index in [4.69, 9.17) is 0 Å². The lowest BCUT2D eigenvalue weighted by atomic mass is 10.1. The second-order valence-electron chi connectivity index (χ2n) is 5.05. The molecule has 1 fully saturated rings. The molecule has 0 saturated carbocycles. The van der Waals surface area contributed by atoms with Gasteiger partial charge in [-0.05, 0) is 42.6 Å². The van der Waals surface area contributed by atoms with Gasteiger partial charge in [0, 0.05) is 5.69 Å². The third kappa shape index (κ3) is 4.62. The molecule has 1 saturated heterocycles. The molecule has 1 unspecified atom stereocenters. The number of nitrogens with zero attached hydrogens (tertiary/aromatic N) is 1. The van der Waals surface area contributed by atoms with Crippen molar-refractivity contribution in [2.75, 3.05) is 11.0 Å². The quantitative estimate of drug-likeness (QED) is 0.582.